The number of fused-ring (bicyclic) bond motifs is 15. The third-order valence-corrected chi connectivity index (χ3v) is 22.2. The van der Waals surface area contributed by atoms with E-state index in [1.807, 2.05) is 0 Å². The highest BCUT2D eigenvalue weighted by Crippen LogP contribution is 2.57. The van der Waals surface area contributed by atoms with Crippen LogP contribution in [0.25, 0.3) is 165 Å². The van der Waals surface area contributed by atoms with Crippen molar-refractivity contribution in [3.63, 3.8) is 0 Å². The van der Waals surface area contributed by atoms with Crippen molar-refractivity contribution in [2.24, 2.45) is 0 Å². The number of hydrogen-bond acceptors (Lipinski definition) is 0. The van der Waals surface area contributed by atoms with E-state index in [1.54, 1.807) is 0 Å². The molecule has 93 heavy (non-hydrogen) atoms. The van der Waals surface area contributed by atoms with Gasteiger partial charge in [0.15, 0.2) is 0 Å². The highest BCUT2D eigenvalue weighted by Gasteiger charge is 2.40. The van der Waals surface area contributed by atoms with Gasteiger partial charge in [0.25, 0.3) is 0 Å². The smallest absolute Gasteiger partial charge is 0.0159 e. The molecule has 0 aliphatic heterocycles. The highest BCUT2D eigenvalue weighted by molar-refractivity contribution is 6.30. The van der Waals surface area contributed by atoms with Gasteiger partial charge < -0.3 is 0 Å². The van der Waals surface area contributed by atoms with Crippen LogP contribution >= 0.6 is 0 Å². The Hall–Kier alpha value is -10.9. The van der Waals surface area contributed by atoms with Crippen LogP contribution in [0.15, 0.2) is 291 Å². The Bertz CT molecular complexity index is 5770. The van der Waals surface area contributed by atoms with Crippen molar-refractivity contribution < 1.29 is 0 Å². The van der Waals surface area contributed by atoms with Crippen LogP contribution in [0.5, 0.6) is 0 Å². The predicted octanol–water partition coefficient (Wildman–Crippen LogP) is 25.5. The standard InChI is InChI=1S/C93H66/c1-91(2)79-39-23-22-26-61(79)62-47-42-58(52-82(62)91)87-71-31-14-18-35-75(71)89(76-36-19-15-32-72(76)87)90-77-37-20-16-33-73(77)88(74-34-17-21-38-78(74)90)60-44-49-66-64-46-41-57(51-81(64)93(5,6)84(66)54-60)56-40-45-63-65-48-43-59(53-83(65)92(3,4)80(63)50-56)86-69-29-12-10-27-67(69)85(55-24-8-7-9-25-55)68-28-11-13-30-70(68)86/h7-54H,1-6H3. The number of rotatable bonds is 6. The van der Waals surface area contributed by atoms with E-state index in [9.17, 15) is 0 Å². The molecule has 0 spiro atoms. The van der Waals surface area contributed by atoms with Gasteiger partial charge in [-0.3, -0.25) is 0 Å². The second kappa shape index (κ2) is 19.6. The minimum absolute atomic E-state index is 0.106. The van der Waals surface area contributed by atoms with Crippen LogP contribution in [-0.4, -0.2) is 0 Å². The molecule has 19 rings (SSSR count). The summed E-state index contributed by atoms with van der Waals surface area (Å²) in [6.45, 7) is 14.5. The summed E-state index contributed by atoms with van der Waals surface area (Å²) in [6.07, 6.45) is 0. The Morgan fingerprint density at radius 3 is 0.656 bits per heavy atom. The zero-order chi connectivity index (χ0) is 62.2. The lowest BCUT2D eigenvalue weighted by molar-refractivity contribution is 0.660. The fraction of sp³-hybridized carbons (Fsp3) is 0.0968. The minimum atomic E-state index is -0.253. The molecule has 0 bridgehead atoms. The molecule has 438 valence electrons. The normalized spacial score (nSPS) is 14.4. The molecular formula is C93H66. The molecule has 0 saturated carbocycles. The van der Waals surface area contributed by atoms with Gasteiger partial charge in [-0.1, -0.05) is 302 Å². The van der Waals surface area contributed by atoms with Crippen molar-refractivity contribution in [3.8, 4) is 100 Å². The van der Waals surface area contributed by atoms with Crippen molar-refractivity contribution in [2.45, 2.75) is 57.8 Å². The lowest BCUT2D eigenvalue weighted by atomic mass is 9.78. The largest absolute Gasteiger partial charge is 0.0622 e. The van der Waals surface area contributed by atoms with E-state index in [0.29, 0.717) is 0 Å². The molecule has 0 radical (unpaired) electrons. The average molecular weight is 1180 g/mol. The monoisotopic (exact) mass is 1180 g/mol. The van der Waals surface area contributed by atoms with Gasteiger partial charge in [-0.15, -0.1) is 0 Å². The first kappa shape index (κ1) is 53.9. The summed E-state index contributed by atoms with van der Waals surface area (Å²) in [4.78, 5) is 0. The van der Waals surface area contributed by atoms with E-state index in [1.165, 1.54) is 198 Å². The number of benzene rings is 16. The van der Waals surface area contributed by atoms with Gasteiger partial charge >= 0.3 is 0 Å². The van der Waals surface area contributed by atoms with E-state index in [-0.39, 0.29) is 16.2 Å². The highest BCUT2D eigenvalue weighted by atomic mass is 14.4. The van der Waals surface area contributed by atoms with Gasteiger partial charge in [0.2, 0.25) is 0 Å². The molecule has 0 nitrogen and oxygen atoms in total. The zero-order valence-corrected chi connectivity index (χ0v) is 53.2. The summed E-state index contributed by atoms with van der Waals surface area (Å²) in [5.41, 5.74) is 31.0. The maximum Gasteiger partial charge on any atom is 0.0159 e. The fourth-order valence-corrected chi connectivity index (χ4v) is 17.8. The Balaban J connectivity index is 0.697. The molecule has 0 aromatic heterocycles. The second-order valence-electron chi connectivity index (χ2n) is 28.1. The molecule has 0 atom stereocenters. The van der Waals surface area contributed by atoms with Gasteiger partial charge in [-0.25, -0.2) is 0 Å². The molecule has 0 heteroatoms. The average Bonchev–Trinajstić information content (AvgIpc) is 1.49. The topological polar surface area (TPSA) is 0 Å². The number of hydrogen-bond donors (Lipinski definition) is 0. The molecule has 16 aromatic carbocycles. The summed E-state index contributed by atoms with van der Waals surface area (Å²) in [6, 6.07) is 111. The van der Waals surface area contributed by atoms with Crippen molar-refractivity contribution in [1.82, 2.24) is 0 Å². The summed E-state index contributed by atoms with van der Waals surface area (Å²) >= 11 is 0. The molecule has 3 aliphatic carbocycles. The molecule has 16 aromatic rings. The Morgan fingerprint density at radius 1 is 0.151 bits per heavy atom. The van der Waals surface area contributed by atoms with Crippen LogP contribution < -0.4 is 0 Å². The van der Waals surface area contributed by atoms with Crippen molar-refractivity contribution >= 4 is 64.6 Å². The first-order valence-corrected chi connectivity index (χ1v) is 33.1. The van der Waals surface area contributed by atoms with E-state index in [0.717, 1.165) is 0 Å². The van der Waals surface area contributed by atoms with E-state index in [4.69, 9.17) is 0 Å². The molecule has 3 aliphatic rings. The first-order chi connectivity index (χ1) is 45.4. The third-order valence-electron chi connectivity index (χ3n) is 22.2. The van der Waals surface area contributed by atoms with Crippen LogP contribution in [0.4, 0.5) is 0 Å². The van der Waals surface area contributed by atoms with Gasteiger partial charge in [-0.2, -0.15) is 0 Å². The molecule has 0 fully saturated rings. The summed E-state index contributed by atoms with van der Waals surface area (Å²) < 4.78 is 0. The summed E-state index contributed by atoms with van der Waals surface area (Å²) in [5, 5.41) is 15.2. The van der Waals surface area contributed by atoms with Crippen molar-refractivity contribution in [3.05, 3.63) is 325 Å². The van der Waals surface area contributed by atoms with Gasteiger partial charge in [0.1, 0.15) is 0 Å². The summed E-state index contributed by atoms with van der Waals surface area (Å²) in [5.74, 6) is 0. The van der Waals surface area contributed by atoms with E-state index in [2.05, 4.69) is 333 Å². The van der Waals surface area contributed by atoms with Crippen LogP contribution in [0.1, 0.15) is 74.9 Å². The molecule has 0 unspecified atom stereocenters. The molecule has 0 amide bonds. The van der Waals surface area contributed by atoms with Gasteiger partial charge in [-0.05, 0) is 228 Å². The fourth-order valence-electron chi connectivity index (χ4n) is 17.8. The lowest BCUT2D eigenvalue weighted by Crippen LogP contribution is -2.15. The maximum atomic E-state index is 2.53. The lowest BCUT2D eigenvalue weighted by Gasteiger charge is -2.25. The molecule has 0 heterocycles. The zero-order valence-electron chi connectivity index (χ0n) is 53.2. The molecular weight excluding hydrogens is 1120 g/mol. The third kappa shape index (κ3) is 7.55. The van der Waals surface area contributed by atoms with Crippen LogP contribution in [0.2, 0.25) is 0 Å². The second-order valence-corrected chi connectivity index (χ2v) is 28.1. The van der Waals surface area contributed by atoms with Crippen molar-refractivity contribution in [2.75, 3.05) is 0 Å². The molecule has 0 saturated heterocycles. The first-order valence-electron chi connectivity index (χ1n) is 33.1. The quantitative estimate of drug-likeness (QED) is 0.146. The van der Waals surface area contributed by atoms with Gasteiger partial charge in [0, 0.05) is 16.2 Å². The van der Waals surface area contributed by atoms with Crippen molar-refractivity contribution in [1.29, 1.82) is 0 Å². The van der Waals surface area contributed by atoms with Gasteiger partial charge in [0.05, 0.1) is 0 Å². The predicted molar refractivity (Wildman–Crippen MR) is 397 cm³/mol. The van der Waals surface area contributed by atoms with E-state index < -0.39 is 0 Å². The Labute approximate surface area is 543 Å². The maximum absolute atomic E-state index is 2.53. The van der Waals surface area contributed by atoms with E-state index >= 15 is 0 Å². The Kier molecular flexibility index (Phi) is 11.3. The van der Waals surface area contributed by atoms with Crippen LogP contribution in [0, 0.1) is 0 Å². The Morgan fingerprint density at radius 2 is 0.355 bits per heavy atom. The van der Waals surface area contributed by atoms with Crippen LogP contribution in [0.3, 0.4) is 0 Å². The minimum Gasteiger partial charge on any atom is -0.0622 e. The van der Waals surface area contributed by atoms with Crippen LogP contribution in [-0.2, 0) is 16.2 Å². The SMILES string of the molecule is CC1(C)c2cc(-c3ccc4c(c3)C(C)(C)c3cc(-c5c6ccccc6c(-c6c7ccccc7c(-c7ccc8c(c7)C(C)(C)c7ccccc7-8)c7ccccc67)c6ccccc56)ccc3-4)ccc2-c2ccc(-c3c4ccccc4c(-c4ccccc4)c4ccccc34)cc21. The molecule has 0 N–H and O–H groups in total. The summed E-state index contributed by atoms with van der Waals surface area (Å²) in [7, 11) is 0.